The van der Waals surface area contributed by atoms with E-state index in [1.807, 2.05) is 13.8 Å². The van der Waals surface area contributed by atoms with Crippen LogP contribution in [0.1, 0.15) is 40.0 Å². The number of rotatable bonds is 13. The van der Waals surface area contributed by atoms with Gasteiger partial charge in [0.15, 0.2) is 0 Å². The smallest absolute Gasteiger partial charge is 0.322 e. The van der Waals surface area contributed by atoms with Gasteiger partial charge in [-0.1, -0.05) is 13.3 Å². The van der Waals surface area contributed by atoms with E-state index < -0.39 is 18.6 Å². The molecule has 0 radical (unpaired) electrons. The molecule has 0 saturated heterocycles. The van der Waals surface area contributed by atoms with Crippen molar-refractivity contribution in [2.45, 2.75) is 58.2 Å². The van der Waals surface area contributed by atoms with Gasteiger partial charge in [-0.05, 0) is 39.3 Å². The van der Waals surface area contributed by atoms with Crippen LogP contribution in [0.2, 0.25) is 12.1 Å². The summed E-state index contributed by atoms with van der Waals surface area (Å²) in [6.45, 7) is 8.43. The highest BCUT2D eigenvalue weighted by atomic mass is 28.3. The lowest BCUT2D eigenvalue weighted by Crippen LogP contribution is -2.30. The molecule has 0 amide bonds. The van der Waals surface area contributed by atoms with Crippen LogP contribution in [-0.2, 0) is 17.7 Å². The topological polar surface area (TPSA) is 89.0 Å². The fraction of sp³-hybridized carbons (Fsp3) is 1.00. The zero-order chi connectivity index (χ0) is 17.2. The van der Waals surface area contributed by atoms with Crippen LogP contribution in [0.3, 0.4) is 0 Å². The van der Waals surface area contributed by atoms with Gasteiger partial charge in [-0.15, -0.1) is 0 Å². The Morgan fingerprint density at radius 3 is 1.82 bits per heavy atom. The summed E-state index contributed by atoms with van der Waals surface area (Å²) in [5.41, 5.74) is 11.1. The van der Waals surface area contributed by atoms with Crippen LogP contribution in [0.4, 0.5) is 0 Å². The third kappa shape index (κ3) is 16.6. The van der Waals surface area contributed by atoms with Gasteiger partial charge in [0.1, 0.15) is 0 Å². The molecule has 6 nitrogen and oxygen atoms in total. The van der Waals surface area contributed by atoms with E-state index in [4.69, 9.17) is 29.2 Å². The first-order valence-corrected chi connectivity index (χ1v) is 11.9. The molecule has 0 aromatic heterocycles. The molecule has 0 spiro atoms. The van der Waals surface area contributed by atoms with Crippen molar-refractivity contribution in [1.29, 1.82) is 0 Å². The van der Waals surface area contributed by atoms with Gasteiger partial charge in [-0.25, -0.2) is 0 Å². The fourth-order valence-corrected chi connectivity index (χ4v) is 4.94. The van der Waals surface area contributed by atoms with Crippen LogP contribution < -0.4 is 11.5 Å². The molecule has 0 aliphatic rings. The Bertz CT molecular complexity index is 207. The van der Waals surface area contributed by atoms with Crippen LogP contribution in [0.15, 0.2) is 0 Å². The van der Waals surface area contributed by atoms with Gasteiger partial charge in [0.05, 0.1) is 0 Å². The van der Waals surface area contributed by atoms with Crippen molar-refractivity contribution in [3.05, 3.63) is 0 Å². The number of hydrogen-bond acceptors (Lipinski definition) is 6. The van der Waals surface area contributed by atoms with Crippen molar-refractivity contribution >= 4 is 18.6 Å². The Morgan fingerprint density at radius 2 is 1.45 bits per heavy atom. The normalized spacial score (nSPS) is 12.4. The van der Waals surface area contributed by atoms with Crippen LogP contribution in [0.25, 0.3) is 0 Å². The second-order valence-electron chi connectivity index (χ2n) is 4.93. The molecule has 0 saturated carbocycles. The van der Waals surface area contributed by atoms with Crippen molar-refractivity contribution in [3.63, 3.8) is 0 Å². The van der Waals surface area contributed by atoms with Crippen LogP contribution in [0, 0.1) is 0 Å². The maximum Gasteiger partial charge on any atom is 0.322 e. The van der Waals surface area contributed by atoms with Crippen LogP contribution in [-0.4, -0.2) is 58.6 Å². The number of nitrogens with two attached hydrogens (primary N) is 2. The Hall–Kier alpha value is 0.194. The minimum atomic E-state index is -1.39. The Balaban J connectivity index is 0. The van der Waals surface area contributed by atoms with Crippen molar-refractivity contribution in [1.82, 2.24) is 0 Å². The highest BCUT2D eigenvalue weighted by molar-refractivity contribution is 6.44. The molecule has 1 atom stereocenters. The summed E-state index contributed by atoms with van der Waals surface area (Å²) in [6.07, 6.45) is 3.23. The van der Waals surface area contributed by atoms with Gasteiger partial charge in [0, 0.05) is 39.5 Å². The molecule has 0 bridgehead atoms. The minimum Gasteiger partial charge on any atom is -0.400 e. The highest BCUT2D eigenvalue weighted by Gasteiger charge is 2.13. The van der Waals surface area contributed by atoms with Crippen molar-refractivity contribution in [2.24, 2.45) is 11.5 Å². The fourth-order valence-electron chi connectivity index (χ4n) is 1.74. The summed E-state index contributed by atoms with van der Waals surface area (Å²) in [7, 11) is 0.653. The molecule has 136 valence electrons. The lowest BCUT2D eigenvalue weighted by molar-refractivity contribution is 0.212. The first-order valence-electron chi connectivity index (χ1n) is 8.33. The Kier molecular flexibility index (Phi) is 21.4. The average molecular weight is 355 g/mol. The Morgan fingerprint density at radius 1 is 0.909 bits per heavy atom. The van der Waals surface area contributed by atoms with E-state index in [9.17, 15) is 0 Å². The zero-order valence-corrected chi connectivity index (χ0v) is 17.5. The van der Waals surface area contributed by atoms with Gasteiger partial charge in [0.25, 0.3) is 0 Å². The van der Waals surface area contributed by atoms with E-state index in [0.29, 0.717) is 0 Å². The molecule has 0 aliphatic heterocycles. The van der Waals surface area contributed by atoms with Crippen molar-refractivity contribution < 1.29 is 17.7 Å². The standard InChI is InChI=1S/C8H21NO2Si.C6H17NO2Si/c1-3-10-12(11-4-2)8-6-5-7-9;1-4-6(7)5-10(8-2)9-3/h12H,3-9H2,1-2H3;6,10H,4-5,7H2,1-3H3. The third-order valence-electron chi connectivity index (χ3n) is 3.14. The molecular formula is C14H38N2O4Si2. The van der Waals surface area contributed by atoms with E-state index in [1.54, 1.807) is 14.2 Å². The second kappa shape index (κ2) is 19.2. The van der Waals surface area contributed by atoms with Gasteiger partial charge in [0.2, 0.25) is 0 Å². The summed E-state index contributed by atoms with van der Waals surface area (Å²) in [4.78, 5) is 0. The average Bonchev–Trinajstić information content (AvgIpc) is 2.53. The summed E-state index contributed by atoms with van der Waals surface area (Å²) in [5.74, 6) is 0. The monoisotopic (exact) mass is 354 g/mol. The van der Waals surface area contributed by atoms with Crippen molar-refractivity contribution in [3.8, 4) is 0 Å². The van der Waals surface area contributed by atoms with Gasteiger partial charge < -0.3 is 29.2 Å². The quantitative estimate of drug-likeness (QED) is 0.382. The predicted octanol–water partition coefficient (Wildman–Crippen LogP) is 1.26. The second-order valence-corrected chi connectivity index (χ2v) is 9.31. The molecule has 0 heterocycles. The van der Waals surface area contributed by atoms with Gasteiger partial charge in [-0.2, -0.15) is 0 Å². The van der Waals surface area contributed by atoms with Gasteiger partial charge >= 0.3 is 18.6 Å². The molecule has 0 aromatic carbocycles. The highest BCUT2D eigenvalue weighted by Crippen LogP contribution is 2.03. The summed E-state index contributed by atoms with van der Waals surface area (Å²) in [6, 6.07) is 2.25. The predicted molar refractivity (Wildman–Crippen MR) is 97.7 cm³/mol. The maximum absolute atomic E-state index is 5.70. The van der Waals surface area contributed by atoms with E-state index in [2.05, 4.69) is 6.92 Å². The molecule has 0 aliphatic carbocycles. The summed E-state index contributed by atoms with van der Waals surface area (Å²) < 4.78 is 21.2. The first-order chi connectivity index (χ1) is 10.6. The minimum absolute atomic E-state index is 0.247. The van der Waals surface area contributed by atoms with E-state index in [1.165, 1.54) is 0 Å². The lowest BCUT2D eigenvalue weighted by Gasteiger charge is -2.14. The molecule has 8 heteroatoms. The molecule has 0 aromatic rings. The number of hydrogen-bond donors (Lipinski definition) is 2. The lowest BCUT2D eigenvalue weighted by atomic mass is 10.3. The van der Waals surface area contributed by atoms with Crippen molar-refractivity contribution in [2.75, 3.05) is 34.0 Å². The first kappa shape index (κ1) is 24.4. The molecule has 0 rings (SSSR count). The van der Waals surface area contributed by atoms with Crippen LogP contribution in [0.5, 0.6) is 0 Å². The molecular weight excluding hydrogens is 316 g/mol. The van der Waals surface area contributed by atoms with Crippen LogP contribution >= 0.6 is 0 Å². The zero-order valence-electron chi connectivity index (χ0n) is 15.2. The summed E-state index contributed by atoms with van der Waals surface area (Å²) >= 11 is 0. The maximum atomic E-state index is 5.70. The molecule has 0 fully saturated rings. The Labute approximate surface area is 140 Å². The van der Waals surface area contributed by atoms with Gasteiger partial charge in [-0.3, -0.25) is 0 Å². The molecule has 1 unspecified atom stereocenters. The number of unbranched alkanes of at least 4 members (excludes halogenated alkanes) is 1. The third-order valence-corrected chi connectivity index (χ3v) is 7.48. The van der Waals surface area contributed by atoms with E-state index in [0.717, 1.165) is 51.1 Å². The molecule has 22 heavy (non-hydrogen) atoms. The molecule has 4 N–H and O–H groups in total. The SMILES string of the molecule is CCC(N)C[SiH](OC)OC.CCO[SiH](CCCCN)OCC. The summed E-state index contributed by atoms with van der Waals surface area (Å²) in [5, 5.41) is 0. The largest absolute Gasteiger partial charge is 0.400 e. The van der Waals surface area contributed by atoms with E-state index >= 15 is 0 Å². The van der Waals surface area contributed by atoms with E-state index in [-0.39, 0.29) is 6.04 Å².